The summed E-state index contributed by atoms with van der Waals surface area (Å²) in [6.45, 7) is 5.47. The molecule has 0 spiro atoms. The Labute approximate surface area is 114 Å². The Balaban J connectivity index is 1.90. The Kier molecular flexibility index (Phi) is 4.63. The zero-order valence-electron chi connectivity index (χ0n) is 11.0. The number of halogens is 2. The maximum Gasteiger partial charge on any atom is 0.141 e. The molecule has 2 rings (SSSR count). The van der Waals surface area contributed by atoms with Crippen molar-refractivity contribution in [3.63, 3.8) is 0 Å². The standard InChI is InChI=1S/C15H21ClFN/c1-10-4-3-5-13(10)9-18-11(2)12-6-7-15(17)14(16)8-12/h6-8,10-11,13,18H,3-5,9H2,1-2H3. The second kappa shape index (κ2) is 6.03. The number of rotatable bonds is 4. The van der Waals surface area contributed by atoms with E-state index in [1.54, 1.807) is 12.1 Å². The van der Waals surface area contributed by atoms with Gasteiger partial charge in [0.05, 0.1) is 5.02 Å². The van der Waals surface area contributed by atoms with E-state index in [0.29, 0.717) is 0 Å². The Hall–Kier alpha value is -0.600. The van der Waals surface area contributed by atoms with Crippen molar-refractivity contribution in [3.8, 4) is 0 Å². The second-order valence-electron chi connectivity index (χ2n) is 5.47. The quantitative estimate of drug-likeness (QED) is 0.845. The average molecular weight is 270 g/mol. The van der Waals surface area contributed by atoms with Gasteiger partial charge in [-0.2, -0.15) is 0 Å². The van der Waals surface area contributed by atoms with Gasteiger partial charge in [-0.15, -0.1) is 0 Å². The SMILES string of the molecule is CC(NCC1CCCC1C)c1ccc(F)c(Cl)c1. The van der Waals surface area contributed by atoms with Crippen molar-refractivity contribution < 1.29 is 4.39 Å². The van der Waals surface area contributed by atoms with Crippen molar-refractivity contribution in [2.24, 2.45) is 11.8 Å². The summed E-state index contributed by atoms with van der Waals surface area (Å²) in [6, 6.07) is 5.17. The van der Waals surface area contributed by atoms with Crippen molar-refractivity contribution in [1.82, 2.24) is 5.32 Å². The Morgan fingerprint density at radius 2 is 2.22 bits per heavy atom. The lowest BCUT2D eigenvalue weighted by Gasteiger charge is -2.20. The average Bonchev–Trinajstić information content (AvgIpc) is 2.75. The van der Waals surface area contributed by atoms with Crippen LogP contribution in [0.25, 0.3) is 0 Å². The zero-order chi connectivity index (χ0) is 13.1. The Morgan fingerprint density at radius 1 is 1.44 bits per heavy atom. The first-order chi connectivity index (χ1) is 8.58. The molecule has 3 unspecified atom stereocenters. The molecular weight excluding hydrogens is 249 g/mol. The summed E-state index contributed by atoms with van der Waals surface area (Å²) in [5, 5.41) is 3.74. The molecule has 0 heterocycles. The lowest BCUT2D eigenvalue weighted by molar-refractivity contribution is 0.375. The largest absolute Gasteiger partial charge is 0.310 e. The van der Waals surface area contributed by atoms with Gasteiger partial charge < -0.3 is 5.32 Å². The molecule has 1 aromatic carbocycles. The normalized spacial score (nSPS) is 25.3. The van der Waals surface area contributed by atoms with Crippen molar-refractivity contribution in [3.05, 3.63) is 34.6 Å². The van der Waals surface area contributed by atoms with Crippen LogP contribution in [0, 0.1) is 17.7 Å². The summed E-state index contributed by atoms with van der Waals surface area (Å²) in [7, 11) is 0. The fourth-order valence-electron chi connectivity index (χ4n) is 2.75. The minimum Gasteiger partial charge on any atom is -0.310 e. The molecule has 1 N–H and O–H groups in total. The van der Waals surface area contributed by atoms with Crippen molar-refractivity contribution in [2.75, 3.05) is 6.54 Å². The van der Waals surface area contributed by atoms with Gasteiger partial charge in [-0.25, -0.2) is 4.39 Å². The van der Waals surface area contributed by atoms with Crippen molar-refractivity contribution in [2.45, 2.75) is 39.2 Å². The maximum atomic E-state index is 13.1. The lowest BCUT2D eigenvalue weighted by atomic mass is 9.97. The van der Waals surface area contributed by atoms with Gasteiger partial charge in [-0.05, 0) is 49.4 Å². The summed E-state index contributed by atoms with van der Waals surface area (Å²) >= 11 is 5.81. The van der Waals surface area contributed by atoms with Crippen LogP contribution >= 0.6 is 11.6 Å². The molecule has 18 heavy (non-hydrogen) atoms. The Morgan fingerprint density at radius 3 is 2.83 bits per heavy atom. The van der Waals surface area contributed by atoms with Gasteiger partial charge >= 0.3 is 0 Å². The minimum atomic E-state index is -0.350. The third-order valence-corrected chi connectivity index (χ3v) is 4.46. The molecule has 1 aliphatic rings. The summed E-state index contributed by atoms with van der Waals surface area (Å²) < 4.78 is 13.1. The van der Waals surface area contributed by atoms with E-state index in [1.165, 1.54) is 25.3 Å². The van der Waals surface area contributed by atoms with E-state index in [-0.39, 0.29) is 16.9 Å². The first kappa shape index (κ1) is 13.8. The molecule has 0 aliphatic heterocycles. The number of hydrogen-bond acceptors (Lipinski definition) is 1. The van der Waals surface area contributed by atoms with Crippen LogP contribution in [0.1, 0.15) is 44.7 Å². The number of hydrogen-bond donors (Lipinski definition) is 1. The topological polar surface area (TPSA) is 12.0 Å². The summed E-state index contributed by atoms with van der Waals surface area (Å²) in [4.78, 5) is 0. The third kappa shape index (κ3) is 3.24. The van der Waals surface area contributed by atoms with Crippen LogP contribution < -0.4 is 5.32 Å². The first-order valence-corrected chi connectivity index (χ1v) is 7.14. The third-order valence-electron chi connectivity index (χ3n) is 4.17. The molecule has 0 radical (unpaired) electrons. The summed E-state index contributed by atoms with van der Waals surface area (Å²) in [6.07, 6.45) is 4.03. The highest BCUT2D eigenvalue weighted by molar-refractivity contribution is 6.30. The van der Waals surface area contributed by atoms with E-state index in [1.807, 2.05) is 0 Å². The van der Waals surface area contributed by atoms with Gasteiger partial charge in [-0.1, -0.05) is 37.4 Å². The molecule has 3 atom stereocenters. The Bertz CT molecular complexity index is 407. The molecule has 0 saturated heterocycles. The fraction of sp³-hybridized carbons (Fsp3) is 0.600. The highest BCUT2D eigenvalue weighted by atomic mass is 35.5. The van der Waals surface area contributed by atoms with Crippen LogP contribution in [0.3, 0.4) is 0 Å². The number of nitrogens with one attached hydrogen (secondary N) is 1. The predicted octanol–water partition coefficient (Wildman–Crippen LogP) is 4.57. The highest BCUT2D eigenvalue weighted by Gasteiger charge is 2.23. The van der Waals surface area contributed by atoms with E-state index in [9.17, 15) is 4.39 Å². The summed E-state index contributed by atoms with van der Waals surface area (Å²) in [5.74, 6) is 1.25. The van der Waals surface area contributed by atoms with Crippen LogP contribution in [0.4, 0.5) is 4.39 Å². The summed E-state index contributed by atoms with van der Waals surface area (Å²) in [5.41, 5.74) is 1.05. The van der Waals surface area contributed by atoms with Gasteiger partial charge in [0.25, 0.3) is 0 Å². The molecule has 1 aliphatic carbocycles. The van der Waals surface area contributed by atoms with Crippen LogP contribution in [-0.4, -0.2) is 6.54 Å². The number of benzene rings is 1. The van der Waals surface area contributed by atoms with Gasteiger partial charge in [0.15, 0.2) is 0 Å². The van der Waals surface area contributed by atoms with E-state index < -0.39 is 0 Å². The van der Waals surface area contributed by atoms with E-state index in [4.69, 9.17) is 11.6 Å². The van der Waals surface area contributed by atoms with Crippen molar-refractivity contribution in [1.29, 1.82) is 0 Å². The molecule has 1 nitrogen and oxygen atoms in total. The van der Waals surface area contributed by atoms with Crippen LogP contribution in [0.15, 0.2) is 18.2 Å². The smallest absolute Gasteiger partial charge is 0.141 e. The van der Waals surface area contributed by atoms with Gasteiger partial charge in [0, 0.05) is 6.04 Å². The fourth-order valence-corrected chi connectivity index (χ4v) is 2.94. The molecule has 0 amide bonds. The molecule has 0 aromatic heterocycles. The zero-order valence-corrected chi connectivity index (χ0v) is 11.8. The van der Waals surface area contributed by atoms with Crippen LogP contribution in [0.5, 0.6) is 0 Å². The van der Waals surface area contributed by atoms with Crippen molar-refractivity contribution >= 4 is 11.6 Å². The van der Waals surface area contributed by atoms with Gasteiger partial charge in [0.2, 0.25) is 0 Å². The molecule has 1 aromatic rings. The van der Waals surface area contributed by atoms with Crippen LogP contribution in [0.2, 0.25) is 5.02 Å². The molecule has 1 saturated carbocycles. The first-order valence-electron chi connectivity index (χ1n) is 6.76. The van der Waals surface area contributed by atoms with Gasteiger partial charge in [-0.3, -0.25) is 0 Å². The highest BCUT2D eigenvalue weighted by Crippen LogP contribution is 2.31. The molecule has 100 valence electrons. The lowest BCUT2D eigenvalue weighted by Crippen LogP contribution is -2.27. The molecule has 3 heteroatoms. The monoisotopic (exact) mass is 269 g/mol. The van der Waals surface area contributed by atoms with E-state index in [0.717, 1.165) is 23.9 Å². The molecule has 0 bridgehead atoms. The van der Waals surface area contributed by atoms with Gasteiger partial charge in [0.1, 0.15) is 5.82 Å². The van der Waals surface area contributed by atoms with E-state index >= 15 is 0 Å². The molecular formula is C15H21ClFN. The minimum absolute atomic E-state index is 0.204. The second-order valence-corrected chi connectivity index (χ2v) is 5.88. The molecule has 1 fully saturated rings. The van der Waals surface area contributed by atoms with Crippen LogP contribution in [-0.2, 0) is 0 Å². The van der Waals surface area contributed by atoms with E-state index in [2.05, 4.69) is 19.2 Å². The maximum absolute atomic E-state index is 13.1. The predicted molar refractivity (Wildman–Crippen MR) is 74.3 cm³/mol.